The van der Waals surface area contributed by atoms with Gasteiger partial charge in [0.15, 0.2) is 0 Å². The summed E-state index contributed by atoms with van der Waals surface area (Å²) < 4.78 is 0. The van der Waals surface area contributed by atoms with Crippen LogP contribution in [-0.2, 0) is 0 Å². The Labute approximate surface area is 113 Å². The number of hydrogen-bond donors (Lipinski definition) is 0. The Hall–Kier alpha value is -0.866. The molecule has 0 aromatic carbocycles. The van der Waals surface area contributed by atoms with Crippen molar-refractivity contribution in [2.45, 2.75) is 37.3 Å². The molecule has 18 heavy (non-hydrogen) atoms. The second kappa shape index (κ2) is 5.02. The largest absolute Gasteiger partial charge is 0.0806 e. The van der Waals surface area contributed by atoms with Crippen LogP contribution in [0, 0.1) is 0 Å². The van der Waals surface area contributed by atoms with Crippen LogP contribution in [-0.4, -0.2) is 15.2 Å². The molecular weight excluding hydrogens is 248 g/mol. The van der Waals surface area contributed by atoms with Gasteiger partial charge in [0, 0.05) is 0 Å². The summed E-state index contributed by atoms with van der Waals surface area (Å²) in [6.07, 6.45) is 22.9. The Morgan fingerprint density at radius 2 is 0.778 bits per heavy atom. The molecule has 2 aliphatic rings. The third-order valence-electron chi connectivity index (χ3n) is 5.05. The molecule has 0 aromatic rings. The van der Waals surface area contributed by atoms with E-state index in [1.54, 1.807) is 0 Å². The van der Waals surface area contributed by atoms with E-state index in [4.69, 9.17) is 0 Å². The first-order chi connectivity index (χ1) is 8.46. The topological polar surface area (TPSA) is 0 Å². The van der Waals surface area contributed by atoms with Crippen molar-refractivity contribution in [2.75, 3.05) is 0 Å². The standard InChI is InChI=1S/C16H24Si2/c1-17(2,15-11-7-5-6-8-12-15)18(3,4)16-13-9-10-14-16/h5-16H,1-4H3. The van der Waals surface area contributed by atoms with Gasteiger partial charge in [-0.15, -0.1) is 0 Å². The van der Waals surface area contributed by atoms with Gasteiger partial charge in [-0.3, -0.25) is 0 Å². The van der Waals surface area contributed by atoms with Crippen LogP contribution in [0.2, 0.25) is 37.3 Å². The van der Waals surface area contributed by atoms with Crippen molar-refractivity contribution in [2.24, 2.45) is 0 Å². The van der Waals surface area contributed by atoms with E-state index in [9.17, 15) is 0 Å². The summed E-state index contributed by atoms with van der Waals surface area (Å²) in [5.41, 5.74) is 1.41. The summed E-state index contributed by atoms with van der Waals surface area (Å²) in [7, 11) is -2.58. The molecule has 0 unspecified atom stereocenters. The van der Waals surface area contributed by atoms with Gasteiger partial charge in [0.05, 0.1) is 15.2 Å². The van der Waals surface area contributed by atoms with Crippen molar-refractivity contribution in [3.8, 4) is 0 Å². The zero-order valence-electron chi connectivity index (χ0n) is 11.9. The minimum atomic E-state index is -1.30. The molecule has 0 N–H and O–H groups in total. The van der Waals surface area contributed by atoms with Crippen molar-refractivity contribution in [1.82, 2.24) is 0 Å². The maximum absolute atomic E-state index is 2.59. The minimum absolute atomic E-state index is 0.677. The lowest BCUT2D eigenvalue weighted by molar-refractivity contribution is 1.25. The molecule has 0 aliphatic heterocycles. The summed E-state index contributed by atoms with van der Waals surface area (Å²) >= 11 is 0. The quantitative estimate of drug-likeness (QED) is 0.632. The molecule has 0 amide bonds. The van der Waals surface area contributed by atoms with Gasteiger partial charge in [0.2, 0.25) is 0 Å². The SMILES string of the molecule is C[Si](C)(C1C=CC=CC=C1)[Si](C)(C)C1C=CC=C1. The van der Waals surface area contributed by atoms with Gasteiger partial charge in [0.25, 0.3) is 0 Å². The van der Waals surface area contributed by atoms with E-state index >= 15 is 0 Å². The predicted molar refractivity (Wildman–Crippen MR) is 88.2 cm³/mol. The Morgan fingerprint density at radius 3 is 1.11 bits per heavy atom. The molecular formula is C16H24Si2. The predicted octanol–water partition coefficient (Wildman–Crippen LogP) is 5.03. The van der Waals surface area contributed by atoms with Crippen molar-refractivity contribution in [3.05, 3.63) is 60.8 Å². The summed E-state index contributed by atoms with van der Waals surface area (Å²) in [5.74, 6) is 0. The summed E-state index contributed by atoms with van der Waals surface area (Å²) in [6, 6.07) is 0. The molecule has 0 aromatic heterocycles. The highest BCUT2D eigenvalue weighted by molar-refractivity contribution is 7.42. The van der Waals surface area contributed by atoms with Gasteiger partial charge < -0.3 is 0 Å². The molecule has 0 bridgehead atoms. The summed E-state index contributed by atoms with van der Waals surface area (Å²) in [6.45, 7) is 10.3. The molecule has 0 saturated heterocycles. The highest BCUT2D eigenvalue weighted by atomic mass is 29.3. The molecule has 0 fully saturated rings. The average molecular weight is 273 g/mol. The Morgan fingerprint density at radius 1 is 0.500 bits per heavy atom. The third-order valence-corrected chi connectivity index (χ3v) is 24.4. The van der Waals surface area contributed by atoms with Crippen LogP contribution in [0.1, 0.15) is 0 Å². The molecule has 2 heteroatoms. The fourth-order valence-electron chi connectivity index (χ4n) is 2.81. The fraction of sp³-hybridized carbons (Fsp3) is 0.375. The number of allylic oxidation sites excluding steroid dienone is 10. The fourth-order valence-corrected chi connectivity index (χ4v) is 13.2. The summed E-state index contributed by atoms with van der Waals surface area (Å²) in [4.78, 5) is 0. The molecule has 0 atom stereocenters. The molecule has 0 heterocycles. The molecule has 0 radical (unpaired) electrons. The van der Waals surface area contributed by atoms with Crippen LogP contribution in [0.15, 0.2) is 60.8 Å². The molecule has 96 valence electrons. The van der Waals surface area contributed by atoms with Gasteiger partial charge >= 0.3 is 0 Å². The van der Waals surface area contributed by atoms with E-state index in [0.717, 1.165) is 5.54 Å². The lowest BCUT2D eigenvalue weighted by Crippen LogP contribution is -2.59. The van der Waals surface area contributed by atoms with E-state index in [1.807, 2.05) is 0 Å². The van der Waals surface area contributed by atoms with Gasteiger partial charge in [-0.2, -0.15) is 0 Å². The third kappa shape index (κ3) is 2.32. The maximum Gasteiger partial charge on any atom is 0.0540 e. The minimum Gasteiger partial charge on any atom is -0.0806 e. The lowest BCUT2D eigenvalue weighted by Gasteiger charge is -2.45. The van der Waals surface area contributed by atoms with E-state index in [1.165, 1.54) is 0 Å². The van der Waals surface area contributed by atoms with Crippen molar-refractivity contribution in [3.63, 3.8) is 0 Å². The zero-order chi connectivity index (χ0) is 13.2. The Kier molecular flexibility index (Phi) is 3.78. The van der Waals surface area contributed by atoms with Gasteiger partial charge in [-0.25, -0.2) is 0 Å². The smallest absolute Gasteiger partial charge is 0.0540 e. The molecule has 0 nitrogen and oxygen atoms in total. The van der Waals surface area contributed by atoms with E-state index in [-0.39, 0.29) is 0 Å². The van der Waals surface area contributed by atoms with Crippen LogP contribution in [0.25, 0.3) is 0 Å². The van der Waals surface area contributed by atoms with Crippen LogP contribution < -0.4 is 0 Å². The van der Waals surface area contributed by atoms with Crippen molar-refractivity contribution < 1.29 is 0 Å². The molecule has 2 rings (SSSR count). The van der Waals surface area contributed by atoms with Crippen LogP contribution in [0.3, 0.4) is 0 Å². The number of hydrogen-bond acceptors (Lipinski definition) is 0. The Bertz CT molecular complexity index is 420. The van der Waals surface area contributed by atoms with Crippen LogP contribution in [0.5, 0.6) is 0 Å². The lowest BCUT2D eigenvalue weighted by atomic mass is 10.4. The van der Waals surface area contributed by atoms with Crippen molar-refractivity contribution in [1.29, 1.82) is 0 Å². The van der Waals surface area contributed by atoms with Crippen molar-refractivity contribution >= 4 is 15.2 Å². The molecule has 2 aliphatic carbocycles. The molecule has 0 spiro atoms. The van der Waals surface area contributed by atoms with Gasteiger partial charge in [-0.1, -0.05) is 86.9 Å². The van der Waals surface area contributed by atoms with E-state index in [2.05, 4.69) is 86.9 Å². The first-order valence-corrected chi connectivity index (χ1v) is 14.0. The zero-order valence-corrected chi connectivity index (χ0v) is 13.9. The average Bonchev–Trinajstić information content (AvgIpc) is 2.72. The van der Waals surface area contributed by atoms with E-state index < -0.39 is 15.2 Å². The van der Waals surface area contributed by atoms with Gasteiger partial charge in [0.1, 0.15) is 0 Å². The van der Waals surface area contributed by atoms with E-state index in [0.29, 0.717) is 5.54 Å². The molecule has 0 saturated carbocycles. The number of rotatable bonds is 3. The van der Waals surface area contributed by atoms with Crippen LogP contribution >= 0.6 is 0 Å². The normalized spacial score (nSPS) is 20.9. The highest BCUT2D eigenvalue weighted by Crippen LogP contribution is 2.42. The first-order valence-electron chi connectivity index (χ1n) is 6.83. The summed E-state index contributed by atoms with van der Waals surface area (Å²) in [5, 5.41) is 0. The maximum atomic E-state index is 2.59. The Balaban J connectivity index is 2.29. The van der Waals surface area contributed by atoms with Crippen LogP contribution in [0.4, 0.5) is 0 Å². The second-order valence-electron chi connectivity index (χ2n) is 6.42. The van der Waals surface area contributed by atoms with Gasteiger partial charge in [-0.05, 0) is 11.1 Å². The highest BCUT2D eigenvalue weighted by Gasteiger charge is 2.48. The monoisotopic (exact) mass is 272 g/mol. The first kappa shape index (κ1) is 13.6. The second-order valence-corrected chi connectivity index (χ2v) is 22.4.